The summed E-state index contributed by atoms with van der Waals surface area (Å²) in [4.78, 5) is 36.0. The molecule has 0 fully saturated rings. The van der Waals surface area contributed by atoms with Crippen molar-refractivity contribution in [3.63, 3.8) is 0 Å². The zero-order valence-electron chi connectivity index (χ0n) is 13.3. The number of hydrogen-bond donors (Lipinski definition) is 2. The first kappa shape index (κ1) is 17.9. The summed E-state index contributed by atoms with van der Waals surface area (Å²) in [7, 11) is 0. The number of fused-ring (bicyclic) bond motifs is 1. The number of ether oxygens (including phenoxy) is 1. The Hall–Kier alpha value is -2.90. The molecule has 0 spiro atoms. The normalized spacial score (nSPS) is 10.3. The molecule has 26 heavy (non-hydrogen) atoms. The predicted octanol–water partition coefficient (Wildman–Crippen LogP) is 3.17. The van der Waals surface area contributed by atoms with Crippen molar-refractivity contribution in [1.29, 1.82) is 0 Å². The minimum Gasteiger partial charge on any atom is -0.451 e. The number of thiophene rings is 1. The second kappa shape index (κ2) is 7.99. The van der Waals surface area contributed by atoms with E-state index in [1.54, 1.807) is 18.2 Å². The van der Waals surface area contributed by atoms with E-state index in [1.165, 1.54) is 23.5 Å². The fourth-order valence-corrected chi connectivity index (χ4v) is 3.20. The highest BCUT2D eigenvalue weighted by atomic mass is 35.5. The largest absolute Gasteiger partial charge is 0.451 e. The number of amides is 2. The Kier molecular flexibility index (Phi) is 5.50. The van der Waals surface area contributed by atoms with E-state index in [2.05, 4.69) is 10.9 Å². The number of hydrazine groups is 1. The lowest BCUT2D eigenvalue weighted by Gasteiger charge is -2.07. The zero-order chi connectivity index (χ0) is 18.5. The van der Waals surface area contributed by atoms with Gasteiger partial charge in [0.1, 0.15) is 4.88 Å². The third-order valence-electron chi connectivity index (χ3n) is 3.38. The van der Waals surface area contributed by atoms with Crippen LogP contribution in [0.25, 0.3) is 10.1 Å². The maximum atomic E-state index is 12.0. The molecule has 0 aliphatic heterocycles. The van der Waals surface area contributed by atoms with Crippen LogP contribution in [0.4, 0.5) is 0 Å². The molecule has 0 radical (unpaired) electrons. The molecule has 0 saturated carbocycles. The van der Waals surface area contributed by atoms with E-state index < -0.39 is 24.4 Å². The summed E-state index contributed by atoms with van der Waals surface area (Å²) in [6.45, 7) is -0.506. The minimum absolute atomic E-state index is 0.331. The monoisotopic (exact) mass is 388 g/mol. The molecule has 1 aromatic heterocycles. The smallest absolute Gasteiger partial charge is 0.348 e. The van der Waals surface area contributed by atoms with Crippen LogP contribution in [-0.2, 0) is 9.53 Å². The van der Waals surface area contributed by atoms with Crippen LogP contribution < -0.4 is 10.9 Å². The van der Waals surface area contributed by atoms with Gasteiger partial charge in [0.25, 0.3) is 11.8 Å². The maximum Gasteiger partial charge on any atom is 0.348 e. The van der Waals surface area contributed by atoms with Crippen molar-refractivity contribution >= 4 is 50.8 Å². The second-order valence-corrected chi connectivity index (χ2v) is 6.75. The van der Waals surface area contributed by atoms with Gasteiger partial charge in [0, 0.05) is 15.3 Å². The maximum absolute atomic E-state index is 12.0. The molecular formula is C18H13ClN2O4S. The molecule has 8 heteroatoms. The Labute approximate surface area is 157 Å². The molecule has 2 amide bonds. The van der Waals surface area contributed by atoms with Gasteiger partial charge in [0.15, 0.2) is 6.61 Å². The number of esters is 1. The van der Waals surface area contributed by atoms with Gasteiger partial charge in [-0.25, -0.2) is 4.79 Å². The minimum atomic E-state index is -0.651. The molecule has 132 valence electrons. The number of hydrogen-bond acceptors (Lipinski definition) is 5. The Morgan fingerprint density at radius 2 is 1.73 bits per heavy atom. The number of benzene rings is 2. The van der Waals surface area contributed by atoms with Gasteiger partial charge >= 0.3 is 5.97 Å². The summed E-state index contributed by atoms with van der Waals surface area (Å²) >= 11 is 7.03. The molecule has 0 aliphatic carbocycles. The Balaban J connectivity index is 1.48. The third kappa shape index (κ3) is 4.38. The number of rotatable bonds is 4. The van der Waals surface area contributed by atoms with Crippen LogP contribution in [0.15, 0.2) is 54.6 Å². The van der Waals surface area contributed by atoms with E-state index in [9.17, 15) is 14.4 Å². The fourth-order valence-electron chi connectivity index (χ4n) is 2.12. The molecule has 0 saturated heterocycles. The molecule has 0 aliphatic rings. The highest BCUT2D eigenvalue weighted by molar-refractivity contribution is 7.20. The van der Waals surface area contributed by atoms with E-state index >= 15 is 0 Å². The lowest BCUT2D eigenvalue weighted by Crippen LogP contribution is -2.43. The average Bonchev–Trinajstić information content (AvgIpc) is 3.09. The van der Waals surface area contributed by atoms with Crippen LogP contribution in [-0.4, -0.2) is 24.4 Å². The van der Waals surface area contributed by atoms with E-state index in [-0.39, 0.29) is 0 Å². The van der Waals surface area contributed by atoms with E-state index in [0.717, 1.165) is 10.1 Å². The predicted molar refractivity (Wildman–Crippen MR) is 99.2 cm³/mol. The summed E-state index contributed by atoms with van der Waals surface area (Å²) < 4.78 is 5.92. The molecule has 3 aromatic rings. The molecule has 1 heterocycles. The van der Waals surface area contributed by atoms with Crippen molar-refractivity contribution in [2.45, 2.75) is 0 Å². The van der Waals surface area contributed by atoms with Gasteiger partial charge in [-0.2, -0.15) is 0 Å². The van der Waals surface area contributed by atoms with Gasteiger partial charge in [0.05, 0.1) is 0 Å². The van der Waals surface area contributed by atoms with Crippen molar-refractivity contribution in [3.05, 3.63) is 70.1 Å². The first-order chi connectivity index (χ1) is 12.5. The van der Waals surface area contributed by atoms with Crippen molar-refractivity contribution in [2.24, 2.45) is 0 Å². The van der Waals surface area contributed by atoms with Crippen molar-refractivity contribution in [2.75, 3.05) is 6.61 Å². The van der Waals surface area contributed by atoms with Crippen molar-refractivity contribution in [3.8, 4) is 0 Å². The van der Waals surface area contributed by atoms with E-state index in [0.29, 0.717) is 15.5 Å². The fraction of sp³-hybridized carbons (Fsp3) is 0.0556. The van der Waals surface area contributed by atoms with E-state index in [1.807, 2.05) is 24.3 Å². The second-order valence-electron chi connectivity index (χ2n) is 5.23. The first-order valence-electron chi connectivity index (χ1n) is 7.53. The first-order valence-corrected chi connectivity index (χ1v) is 8.73. The SMILES string of the molecule is O=C(COC(=O)c1cc2ccccc2s1)NNC(=O)c1ccc(Cl)cc1. The van der Waals surface area contributed by atoms with Gasteiger partial charge in [0.2, 0.25) is 0 Å². The summed E-state index contributed by atoms with van der Waals surface area (Å²) in [6, 6.07) is 15.4. The van der Waals surface area contributed by atoms with Gasteiger partial charge in [-0.05, 0) is 41.8 Å². The van der Waals surface area contributed by atoms with Gasteiger partial charge in [-0.1, -0.05) is 29.8 Å². The quantitative estimate of drug-likeness (QED) is 0.531. The molecule has 3 rings (SSSR count). The number of nitrogens with one attached hydrogen (secondary N) is 2. The summed E-state index contributed by atoms with van der Waals surface area (Å²) in [5.41, 5.74) is 4.75. The summed E-state index contributed by atoms with van der Waals surface area (Å²) in [6.07, 6.45) is 0. The third-order valence-corrected chi connectivity index (χ3v) is 4.73. The molecule has 2 N–H and O–H groups in total. The summed E-state index contributed by atoms with van der Waals surface area (Å²) in [5.74, 6) is -1.75. The molecule has 0 bridgehead atoms. The van der Waals surface area contributed by atoms with Crippen LogP contribution in [0.5, 0.6) is 0 Å². The molecule has 2 aromatic carbocycles. The lowest BCUT2D eigenvalue weighted by molar-refractivity contribution is -0.125. The van der Waals surface area contributed by atoms with Gasteiger partial charge < -0.3 is 4.74 Å². The summed E-state index contributed by atoms with van der Waals surface area (Å²) in [5, 5.41) is 1.43. The number of halogens is 1. The van der Waals surface area contributed by atoms with Gasteiger partial charge in [-0.15, -0.1) is 11.3 Å². The Bertz CT molecular complexity index is 936. The molecule has 0 unspecified atom stereocenters. The number of carbonyl (C=O) groups is 3. The van der Waals surface area contributed by atoms with Crippen molar-refractivity contribution in [1.82, 2.24) is 10.9 Å². The Morgan fingerprint density at radius 1 is 1.00 bits per heavy atom. The molecular weight excluding hydrogens is 376 g/mol. The lowest BCUT2D eigenvalue weighted by atomic mass is 10.2. The van der Waals surface area contributed by atoms with Crippen LogP contribution >= 0.6 is 22.9 Å². The number of carbonyl (C=O) groups excluding carboxylic acids is 3. The average molecular weight is 389 g/mol. The van der Waals surface area contributed by atoms with Crippen LogP contribution in [0, 0.1) is 0 Å². The van der Waals surface area contributed by atoms with E-state index in [4.69, 9.17) is 16.3 Å². The standard InChI is InChI=1S/C18H13ClN2O4S/c19-13-7-5-11(6-8-13)17(23)21-20-16(22)10-25-18(24)15-9-12-3-1-2-4-14(12)26-15/h1-9H,10H2,(H,20,22)(H,21,23). The van der Waals surface area contributed by atoms with Crippen LogP contribution in [0.2, 0.25) is 5.02 Å². The zero-order valence-corrected chi connectivity index (χ0v) is 14.9. The highest BCUT2D eigenvalue weighted by Gasteiger charge is 2.14. The van der Waals surface area contributed by atoms with Crippen LogP contribution in [0.3, 0.4) is 0 Å². The molecule has 0 atom stereocenters. The van der Waals surface area contributed by atoms with Gasteiger partial charge in [-0.3, -0.25) is 20.4 Å². The van der Waals surface area contributed by atoms with Crippen LogP contribution in [0.1, 0.15) is 20.0 Å². The Morgan fingerprint density at radius 3 is 2.46 bits per heavy atom. The highest BCUT2D eigenvalue weighted by Crippen LogP contribution is 2.25. The topological polar surface area (TPSA) is 84.5 Å². The molecule has 6 nitrogen and oxygen atoms in total. The van der Waals surface area contributed by atoms with Crippen molar-refractivity contribution < 1.29 is 19.1 Å².